The molecule has 0 amide bonds. The fraction of sp³-hybridized carbons (Fsp3) is 0.533. The Morgan fingerprint density at radius 3 is 2.52 bits per heavy atom. The van der Waals surface area contributed by atoms with Crippen molar-refractivity contribution >= 4 is 35.6 Å². The van der Waals surface area contributed by atoms with Gasteiger partial charge in [0, 0.05) is 25.9 Å². The molecule has 6 heteroatoms. The van der Waals surface area contributed by atoms with Crippen LogP contribution in [0, 0.1) is 6.92 Å². The van der Waals surface area contributed by atoms with Crippen molar-refractivity contribution < 1.29 is 9.47 Å². The van der Waals surface area contributed by atoms with Crippen molar-refractivity contribution in [3.63, 3.8) is 0 Å². The summed E-state index contributed by atoms with van der Waals surface area (Å²) in [6.45, 7) is 4.79. The number of unbranched alkanes of at least 4 members (excludes halogenated alkanes) is 1. The quantitative estimate of drug-likeness (QED) is 0.286. The molecule has 0 aliphatic heterocycles. The number of nitrogens with zero attached hydrogens (tertiary/aromatic N) is 1. The molecule has 0 spiro atoms. The molecule has 0 fully saturated rings. The van der Waals surface area contributed by atoms with E-state index in [2.05, 4.69) is 17.2 Å². The lowest BCUT2D eigenvalue weighted by Crippen LogP contribution is -2.22. The Morgan fingerprint density at radius 1 is 1.14 bits per heavy atom. The van der Waals surface area contributed by atoms with Crippen LogP contribution in [0.5, 0.6) is 0 Å². The van der Waals surface area contributed by atoms with Gasteiger partial charge in [-0.2, -0.15) is 0 Å². The highest BCUT2D eigenvalue weighted by Gasteiger charge is 1.95. The van der Waals surface area contributed by atoms with Crippen molar-refractivity contribution in [2.45, 2.75) is 19.8 Å². The SMILES string of the molecule is COCCOCCCCN=C(N)Nc1ccc(C)cc1.I. The average molecular weight is 407 g/mol. The van der Waals surface area contributed by atoms with Gasteiger partial charge in [0.2, 0.25) is 0 Å². The predicted octanol–water partition coefficient (Wildman–Crippen LogP) is 2.78. The number of aliphatic imine (C=N–C) groups is 1. The number of ether oxygens (including phenoxy) is 2. The summed E-state index contributed by atoms with van der Waals surface area (Å²) >= 11 is 0. The summed E-state index contributed by atoms with van der Waals surface area (Å²) < 4.78 is 10.3. The van der Waals surface area contributed by atoms with Crippen LogP contribution in [0.1, 0.15) is 18.4 Å². The minimum absolute atomic E-state index is 0. The number of hydrogen-bond donors (Lipinski definition) is 2. The van der Waals surface area contributed by atoms with Gasteiger partial charge in [-0.1, -0.05) is 17.7 Å². The number of benzene rings is 1. The monoisotopic (exact) mass is 407 g/mol. The molecule has 0 bridgehead atoms. The van der Waals surface area contributed by atoms with Crippen LogP contribution in [0.15, 0.2) is 29.3 Å². The third-order valence-electron chi connectivity index (χ3n) is 2.73. The number of rotatable bonds is 9. The maximum absolute atomic E-state index is 5.82. The second-order valence-corrected chi connectivity index (χ2v) is 4.57. The van der Waals surface area contributed by atoms with Gasteiger partial charge < -0.3 is 20.5 Å². The summed E-state index contributed by atoms with van der Waals surface area (Å²) in [6.07, 6.45) is 1.94. The van der Waals surface area contributed by atoms with Crippen molar-refractivity contribution in [1.29, 1.82) is 0 Å². The van der Waals surface area contributed by atoms with E-state index < -0.39 is 0 Å². The lowest BCUT2D eigenvalue weighted by molar-refractivity contribution is 0.0690. The zero-order valence-corrected chi connectivity index (χ0v) is 15.1. The van der Waals surface area contributed by atoms with E-state index in [4.69, 9.17) is 15.2 Å². The summed E-state index contributed by atoms with van der Waals surface area (Å²) in [7, 11) is 1.67. The molecule has 5 nitrogen and oxygen atoms in total. The van der Waals surface area contributed by atoms with Crippen LogP contribution in [0.25, 0.3) is 0 Å². The Morgan fingerprint density at radius 2 is 1.86 bits per heavy atom. The molecule has 0 radical (unpaired) electrons. The van der Waals surface area contributed by atoms with E-state index in [0.29, 0.717) is 25.7 Å². The third-order valence-corrected chi connectivity index (χ3v) is 2.73. The van der Waals surface area contributed by atoms with Gasteiger partial charge in [0.05, 0.1) is 13.2 Å². The number of methoxy groups -OCH3 is 1. The molecule has 0 atom stereocenters. The second kappa shape index (κ2) is 12.8. The van der Waals surface area contributed by atoms with Crippen LogP contribution in [-0.2, 0) is 9.47 Å². The van der Waals surface area contributed by atoms with E-state index in [0.717, 1.165) is 25.1 Å². The van der Waals surface area contributed by atoms with E-state index in [-0.39, 0.29) is 24.0 Å². The van der Waals surface area contributed by atoms with Gasteiger partial charge in [-0.25, -0.2) is 0 Å². The normalized spacial score (nSPS) is 11.0. The molecular formula is C15H26IN3O2. The molecule has 0 aromatic heterocycles. The predicted molar refractivity (Wildman–Crippen MR) is 98.6 cm³/mol. The number of halogens is 1. The summed E-state index contributed by atoms with van der Waals surface area (Å²) in [6, 6.07) is 8.04. The molecule has 3 N–H and O–H groups in total. The average Bonchev–Trinajstić information content (AvgIpc) is 2.44. The van der Waals surface area contributed by atoms with Crippen LogP contribution < -0.4 is 11.1 Å². The van der Waals surface area contributed by atoms with Gasteiger partial charge in [-0.3, -0.25) is 4.99 Å². The number of guanidine groups is 1. The highest BCUT2D eigenvalue weighted by Crippen LogP contribution is 2.07. The van der Waals surface area contributed by atoms with Crippen molar-refractivity contribution in [3.05, 3.63) is 29.8 Å². The van der Waals surface area contributed by atoms with Crippen LogP contribution in [0.3, 0.4) is 0 Å². The smallest absolute Gasteiger partial charge is 0.193 e. The summed E-state index contributed by atoms with van der Waals surface area (Å²) in [5.41, 5.74) is 8.00. The number of aryl methyl sites for hydroxylation is 1. The number of nitrogens with one attached hydrogen (secondary N) is 1. The highest BCUT2D eigenvalue weighted by atomic mass is 127. The number of hydrogen-bond acceptors (Lipinski definition) is 3. The van der Waals surface area contributed by atoms with E-state index in [9.17, 15) is 0 Å². The first-order valence-corrected chi connectivity index (χ1v) is 6.92. The molecule has 1 aromatic rings. The molecule has 0 aliphatic carbocycles. The fourth-order valence-electron chi connectivity index (χ4n) is 1.58. The highest BCUT2D eigenvalue weighted by molar-refractivity contribution is 14.0. The Kier molecular flexibility index (Phi) is 12.3. The van der Waals surface area contributed by atoms with Crippen LogP contribution in [0.2, 0.25) is 0 Å². The number of nitrogens with two attached hydrogens (primary N) is 1. The fourth-order valence-corrected chi connectivity index (χ4v) is 1.58. The van der Waals surface area contributed by atoms with Gasteiger partial charge in [0.1, 0.15) is 0 Å². The van der Waals surface area contributed by atoms with Crippen molar-refractivity contribution in [1.82, 2.24) is 0 Å². The summed E-state index contributed by atoms with van der Waals surface area (Å²) in [5.74, 6) is 0.453. The molecule has 0 aliphatic rings. The van der Waals surface area contributed by atoms with Gasteiger partial charge in [0.15, 0.2) is 5.96 Å². The first-order valence-electron chi connectivity index (χ1n) is 6.92. The van der Waals surface area contributed by atoms with Crippen LogP contribution in [0.4, 0.5) is 5.69 Å². The van der Waals surface area contributed by atoms with E-state index in [1.165, 1.54) is 5.56 Å². The molecule has 0 heterocycles. The van der Waals surface area contributed by atoms with E-state index in [1.807, 2.05) is 24.3 Å². The Bertz CT molecular complexity index is 396. The second-order valence-electron chi connectivity index (χ2n) is 4.57. The maximum Gasteiger partial charge on any atom is 0.193 e. The minimum Gasteiger partial charge on any atom is -0.382 e. The van der Waals surface area contributed by atoms with Crippen LogP contribution >= 0.6 is 24.0 Å². The number of anilines is 1. The molecule has 21 heavy (non-hydrogen) atoms. The van der Waals surface area contributed by atoms with Crippen LogP contribution in [-0.4, -0.2) is 39.4 Å². The Labute approximate surface area is 144 Å². The van der Waals surface area contributed by atoms with Crippen molar-refractivity contribution in [3.8, 4) is 0 Å². The Balaban J connectivity index is 0.00000400. The summed E-state index contributed by atoms with van der Waals surface area (Å²) in [4.78, 5) is 4.28. The molecule has 0 saturated carbocycles. The standard InChI is InChI=1S/C15H25N3O2.HI/c1-13-5-7-14(8-6-13)18-15(16)17-9-3-4-10-20-12-11-19-2;/h5-8H,3-4,9-12H2,1-2H3,(H3,16,17,18);1H. The molecule has 1 aromatic carbocycles. The topological polar surface area (TPSA) is 68.9 Å². The zero-order valence-electron chi connectivity index (χ0n) is 12.8. The van der Waals surface area contributed by atoms with Crippen molar-refractivity contribution in [2.24, 2.45) is 10.7 Å². The van der Waals surface area contributed by atoms with Crippen molar-refractivity contribution in [2.75, 3.05) is 38.8 Å². The van der Waals surface area contributed by atoms with Gasteiger partial charge in [0.25, 0.3) is 0 Å². The van der Waals surface area contributed by atoms with Gasteiger partial charge in [-0.05, 0) is 31.9 Å². The first-order chi connectivity index (χ1) is 9.72. The van der Waals surface area contributed by atoms with Gasteiger partial charge in [-0.15, -0.1) is 24.0 Å². The maximum atomic E-state index is 5.82. The first kappa shape index (κ1) is 20.1. The molecule has 1 rings (SSSR count). The lowest BCUT2D eigenvalue weighted by Gasteiger charge is -2.06. The van der Waals surface area contributed by atoms with E-state index >= 15 is 0 Å². The molecule has 120 valence electrons. The Hall–Kier alpha value is -0.860. The molecular weight excluding hydrogens is 381 g/mol. The lowest BCUT2D eigenvalue weighted by atomic mass is 10.2. The third kappa shape index (κ3) is 10.5. The largest absolute Gasteiger partial charge is 0.382 e. The minimum atomic E-state index is 0. The summed E-state index contributed by atoms with van der Waals surface area (Å²) in [5, 5.41) is 3.07. The zero-order chi connectivity index (χ0) is 14.6. The van der Waals surface area contributed by atoms with E-state index in [1.54, 1.807) is 7.11 Å². The molecule has 0 unspecified atom stereocenters. The molecule has 0 saturated heterocycles. The van der Waals surface area contributed by atoms with Gasteiger partial charge >= 0.3 is 0 Å².